The van der Waals surface area contributed by atoms with Gasteiger partial charge in [0.25, 0.3) is 0 Å². The monoisotopic (exact) mass is 165 g/mol. The molecule has 0 N–H and O–H groups in total. The first kappa shape index (κ1) is 8.54. The fraction of sp³-hybridized carbons (Fsp3) is 0.222. The second kappa shape index (κ2) is 3.72. The average Bonchev–Trinajstić information content (AvgIpc) is 2.16. The van der Waals surface area contributed by atoms with Gasteiger partial charge in [-0.1, -0.05) is 6.07 Å². The molecule has 0 aliphatic rings. The van der Waals surface area contributed by atoms with Crippen LogP contribution in [0, 0.1) is 11.3 Å². The third-order valence-electron chi connectivity index (χ3n) is 1.56. The minimum Gasteiger partial charge on any atom is -0.496 e. The molecule has 1 aromatic carbocycles. The minimum absolute atomic E-state index is 0.427. The molecule has 0 atom stereocenters. The topological polar surface area (TPSA) is 33.0 Å². The average molecular weight is 165 g/mol. The summed E-state index contributed by atoms with van der Waals surface area (Å²) in [6.07, 6.45) is 0. The highest BCUT2D eigenvalue weighted by Gasteiger charge is 2.02. The van der Waals surface area contributed by atoms with Gasteiger partial charge in [0.05, 0.1) is 18.7 Å². The Morgan fingerprint density at radius 1 is 1.58 bits per heavy atom. The van der Waals surface area contributed by atoms with Crippen LogP contribution in [0.15, 0.2) is 18.2 Å². The van der Waals surface area contributed by atoms with Gasteiger partial charge in [-0.3, -0.25) is 0 Å². The number of benzene rings is 1. The highest BCUT2D eigenvalue weighted by Crippen LogP contribution is 2.20. The van der Waals surface area contributed by atoms with Gasteiger partial charge in [-0.05, 0) is 12.1 Å². The van der Waals surface area contributed by atoms with Gasteiger partial charge in [0.2, 0.25) is 0 Å². The van der Waals surface area contributed by atoms with Crippen LogP contribution in [0.4, 0.5) is 4.39 Å². The van der Waals surface area contributed by atoms with Gasteiger partial charge in [0.1, 0.15) is 12.4 Å². The summed E-state index contributed by atoms with van der Waals surface area (Å²) in [4.78, 5) is 0. The van der Waals surface area contributed by atoms with Crippen LogP contribution in [0.1, 0.15) is 11.1 Å². The van der Waals surface area contributed by atoms with E-state index in [-0.39, 0.29) is 0 Å². The summed E-state index contributed by atoms with van der Waals surface area (Å²) in [5, 5.41) is 8.52. The maximum atomic E-state index is 12.2. The standard InChI is InChI=1S/C9H8FNO/c1-12-9-4-7(6-11)2-3-8(9)5-10/h2-4H,5H2,1H3. The van der Waals surface area contributed by atoms with Gasteiger partial charge < -0.3 is 4.74 Å². The van der Waals surface area contributed by atoms with Crippen molar-refractivity contribution < 1.29 is 9.13 Å². The molecule has 0 unspecified atom stereocenters. The van der Waals surface area contributed by atoms with Gasteiger partial charge in [-0.25, -0.2) is 4.39 Å². The fourth-order valence-electron chi connectivity index (χ4n) is 0.925. The van der Waals surface area contributed by atoms with Crippen LogP contribution < -0.4 is 4.74 Å². The normalized spacial score (nSPS) is 9.08. The Morgan fingerprint density at radius 2 is 2.33 bits per heavy atom. The number of nitriles is 1. The number of ether oxygens (including phenoxy) is 1. The lowest BCUT2D eigenvalue weighted by molar-refractivity contribution is 0.394. The maximum absolute atomic E-state index is 12.2. The molecule has 1 aromatic rings. The predicted molar refractivity (Wildman–Crippen MR) is 42.5 cm³/mol. The van der Waals surface area contributed by atoms with E-state index in [9.17, 15) is 4.39 Å². The SMILES string of the molecule is COc1cc(C#N)ccc1CF. The Bertz CT molecular complexity index is 317. The van der Waals surface area contributed by atoms with E-state index in [0.29, 0.717) is 16.9 Å². The molecule has 0 fully saturated rings. The summed E-state index contributed by atoms with van der Waals surface area (Å²) in [6.45, 7) is -0.575. The smallest absolute Gasteiger partial charge is 0.126 e. The third kappa shape index (κ3) is 1.54. The van der Waals surface area contributed by atoms with E-state index in [0.717, 1.165) is 0 Å². The number of hydrogen-bond donors (Lipinski definition) is 0. The molecule has 0 spiro atoms. The Balaban J connectivity index is 3.13. The number of halogens is 1. The zero-order valence-electron chi connectivity index (χ0n) is 6.67. The van der Waals surface area contributed by atoms with E-state index in [4.69, 9.17) is 10.00 Å². The van der Waals surface area contributed by atoms with Gasteiger partial charge in [-0.2, -0.15) is 5.26 Å². The predicted octanol–water partition coefficient (Wildman–Crippen LogP) is 2.04. The van der Waals surface area contributed by atoms with E-state index in [1.165, 1.54) is 13.2 Å². The van der Waals surface area contributed by atoms with Crippen molar-refractivity contribution in [2.24, 2.45) is 0 Å². The van der Waals surface area contributed by atoms with Crippen molar-refractivity contribution in [3.8, 4) is 11.8 Å². The molecule has 62 valence electrons. The van der Waals surface area contributed by atoms with E-state index in [2.05, 4.69) is 0 Å². The first-order valence-corrected chi connectivity index (χ1v) is 3.44. The zero-order chi connectivity index (χ0) is 8.97. The summed E-state index contributed by atoms with van der Waals surface area (Å²) >= 11 is 0. The number of nitrogens with zero attached hydrogens (tertiary/aromatic N) is 1. The lowest BCUT2D eigenvalue weighted by Gasteiger charge is -2.04. The van der Waals surface area contributed by atoms with E-state index < -0.39 is 6.67 Å². The molecular formula is C9H8FNO. The highest BCUT2D eigenvalue weighted by atomic mass is 19.1. The molecule has 0 bridgehead atoms. The van der Waals surface area contributed by atoms with Gasteiger partial charge in [-0.15, -0.1) is 0 Å². The van der Waals surface area contributed by atoms with Crippen molar-refractivity contribution in [2.75, 3.05) is 7.11 Å². The molecule has 0 saturated heterocycles. The lowest BCUT2D eigenvalue weighted by Crippen LogP contribution is -1.90. The van der Waals surface area contributed by atoms with Crippen LogP contribution in [-0.2, 0) is 6.67 Å². The molecule has 0 amide bonds. The van der Waals surface area contributed by atoms with Crippen molar-refractivity contribution in [3.63, 3.8) is 0 Å². The summed E-state index contributed by atoms with van der Waals surface area (Å²) in [5.74, 6) is 0.427. The first-order chi connectivity index (χ1) is 5.81. The van der Waals surface area contributed by atoms with Crippen LogP contribution in [0.3, 0.4) is 0 Å². The van der Waals surface area contributed by atoms with E-state index in [1.54, 1.807) is 12.1 Å². The number of hydrogen-bond acceptors (Lipinski definition) is 2. The molecule has 3 heteroatoms. The van der Waals surface area contributed by atoms with Crippen LogP contribution in [-0.4, -0.2) is 7.11 Å². The number of alkyl halides is 1. The quantitative estimate of drug-likeness (QED) is 0.671. The van der Waals surface area contributed by atoms with Crippen LogP contribution >= 0.6 is 0 Å². The van der Waals surface area contributed by atoms with Crippen molar-refractivity contribution >= 4 is 0 Å². The summed E-state index contributed by atoms with van der Waals surface area (Å²) in [7, 11) is 1.45. The Kier molecular flexibility index (Phi) is 2.65. The molecule has 1 rings (SSSR count). The van der Waals surface area contributed by atoms with E-state index in [1.807, 2.05) is 6.07 Å². The second-order valence-corrected chi connectivity index (χ2v) is 2.27. The molecule has 0 saturated carbocycles. The zero-order valence-corrected chi connectivity index (χ0v) is 6.67. The van der Waals surface area contributed by atoms with Gasteiger partial charge in [0.15, 0.2) is 0 Å². The Labute approximate surface area is 70.2 Å². The molecule has 0 aliphatic carbocycles. The van der Waals surface area contributed by atoms with Crippen molar-refractivity contribution in [3.05, 3.63) is 29.3 Å². The van der Waals surface area contributed by atoms with Crippen LogP contribution in [0.2, 0.25) is 0 Å². The summed E-state index contributed by atoms with van der Waals surface area (Å²) < 4.78 is 17.1. The van der Waals surface area contributed by atoms with Gasteiger partial charge in [0, 0.05) is 5.56 Å². The molecule has 12 heavy (non-hydrogen) atoms. The van der Waals surface area contributed by atoms with E-state index >= 15 is 0 Å². The molecule has 0 aromatic heterocycles. The van der Waals surface area contributed by atoms with Crippen molar-refractivity contribution in [1.82, 2.24) is 0 Å². The third-order valence-corrected chi connectivity index (χ3v) is 1.56. The lowest BCUT2D eigenvalue weighted by atomic mass is 10.1. The van der Waals surface area contributed by atoms with Crippen LogP contribution in [0.5, 0.6) is 5.75 Å². The van der Waals surface area contributed by atoms with Crippen molar-refractivity contribution in [1.29, 1.82) is 5.26 Å². The highest BCUT2D eigenvalue weighted by molar-refractivity contribution is 5.42. The largest absolute Gasteiger partial charge is 0.496 e. The molecule has 0 radical (unpaired) electrons. The first-order valence-electron chi connectivity index (χ1n) is 3.44. The fourth-order valence-corrected chi connectivity index (χ4v) is 0.925. The molecule has 2 nitrogen and oxygen atoms in total. The molecular weight excluding hydrogens is 157 g/mol. The minimum atomic E-state index is -0.575. The Hall–Kier alpha value is -1.56. The maximum Gasteiger partial charge on any atom is 0.126 e. The van der Waals surface area contributed by atoms with Crippen LogP contribution in [0.25, 0.3) is 0 Å². The molecule has 0 aliphatic heterocycles. The number of methoxy groups -OCH3 is 1. The Morgan fingerprint density at radius 3 is 2.83 bits per heavy atom. The molecule has 0 heterocycles. The number of rotatable bonds is 2. The summed E-state index contributed by atoms with van der Waals surface area (Å²) in [6, 6.07) is 6.59. The van der Waals surface area contributed by atoms with Gasteiger partial charge >= 0.3 is 0 Å². The second-order valence-electron chi connectivity index (χ2n) is 2.27. The summed E-state index contributed by atoms with van der Waals surface area (Å²) in [5.41, 5.74) is 0.945. The van der Waals surface area contributed by atoms with Crippen molar-refractivity contribution in [2.45, 2.75) is 6.67 Å².